The van der Waals surface area contributed by atoms with Crippen molar-refractivity contribution in [2.45, 2.75) is 19.5 Å². The number of carbonyl (C=O) groups is 1. The standard InChI is InChI=1S/C20H21N5O/c1-15-12-23(2)19-8-4-3-6-16(19)13-24(15)20(26)17-10-22-25(14-17)18-7-5-9-21-11-18/h3-11,14-15H,12-13H2,1-2H3. The summed E-state index contributed by atoms with van der Waals surface area (Å²) in [5.74, 6) is -0.00209. The van der Waals surface area contributed by atoms with Gasteiger partial charge in [-0.15, -0.1) is 0 Å². The third-order valence-corrected chi connectivity index (χ3v) is 4.81. The van der Waals surface area contributed by atoms with Crippen molar-refractivity contribution in [2.75, 3.05) is 18.5 Å². The summed E-state index contributed by atoms with van der Waals surface area (Å²) in [6.07, 6.45) is 6.84. The normalized spacial score (nSPS) is 16.9. The minimum Gasteiger partial charge on any atom is -0.372 e. The van der Waals surface area contributed by atoms with Gasteiger partial charge in [-0.25, -0.2) is 4.68 Å². The lowest BCUT2D eigenvalue weighted by Crippen LogP contribution is -2.41. The van der Waals surface area contributed by atoms with Crippen LogP contribution in [0.2, 0.25) is 0 Å². The van der Waals surface area contributed by atoms with Crippen molar-refractivity contribution in [3.8, 4) is 5.69 Å². The number of pyridine rings is 1. The number of fused-ring (bicyclic) bond motifs is 1. The smallest absolute Gasteiger partial charge is 0.257 e. The first-order valence-corrected chi connectivity index (χ1v) is 8.68. The predicted molar refractivity (Wildman–Crippen MR) is 100 cm³/mol. The SMILES string of the molecule is CC1CN(C)c2ccccc2CN1C(=O)c1cnn(-c2cccnc2)c1. The Morgan fingerprint density at radius 2 is 2.00 bits per heavy atom. The molecule has 6 nitrogen and oxygen atoms in total. The molecule has 2 aromatic heterocycles. The van der Waals surface area contributed by atoms with E-state index in [2.05, 4.69) is 41.1 Å². The molecule has 1 unspecified atom stereocenters. The maximum atomic E-state index is 13.2. The minimum absolute atomic E-state index is 0.00209. The molecule has 26 heavy (non-hydrogen) atoms. The number of carbonyl (C=O) groups excluding carboxylic acids is 1. The molecule has 1 amide bonds. The molecule has 1 atom stereocenters. The molecule has 3 heterocycles. The highest BCUT2D eigenvalue weighted by atomic mass is 16.2. The van der Waals surface area contributed by atoms with E-state index in [1.807, 2.05) is 29.2 Å². The fourth-order valence-corrected chi connectivity index (χ4v) is 3.45. The first-order valence-electron chi connectivity index (χ1n) is 8.68. The van der Waals surface area contributed by atoms with Crippen molar-refractivity contribution in [3.05, 3.63) is 72.3 Å². The van der Waals surface area contributed by atoms with E-state index < -0.39 is 0 Å². The minimum atomic E-state index is -0.00209. The molecule has 1 aromatic carbocycles. The van der Waals surface area contributed by atoms with Crippen LogP contribution in [0.3, 0.4) is 0 Å². The first kappa shape index (κ1) is 16.3. The van der Waals surface area contributed by atoms with Crippen LogP contribution in [0.4, 0.5) is 5.69 Å². The van der Waals surface area contributed by atoms with Gasteiger partial charge >= 0.3 is 0 Å². The Kier molecular flexibility index (Phi) is 4.16. The number of para-hydroxylation sites is 1. The molecule has 3 aromatic rings. The number of nitrogens with zero attached hydrogens (tertiary/aromatic N) is 5. The van der Waals surface area contributed by atoms with Gasteiger partial charge in [0.25, 0.3) is 5.91 Å². The highest BCUT2D eigenvalue weighted by Crippen LogP contribution is 2.27. The monoisotopic (exact) mass is 347 g/mol. The zero-order valence-corrected chi connectivity index (χ0v) is 14.9. The van der Waals surface area contributed by atoms with E-state index in [9.17, 15) is 4.79 Å². The maximum absolute atomic E-state index is 13.2. The number of rotatable bonds is 2. The maximum Gasteiger partial charge on any atom is 0.257 e. The van der Waals surface area contributed by atoms with Gasteiger partial charge in [0.2, 0.25) is 0 Å². The summed E-state index contributed by atoms with van der Waals surface area (Å²) in [6.45, 7) is 3.48. The van der Waals surface area contributed by atoms with Crippen molar-refractivity contribution in [1.82, 2.24) is 19.7 Å². The van der Waals surface area contributed by atoms with Gasteiger partial charge in [-0.3, -0.25) is 9.78 Å². The number of aromatic nitrogens is 3. The molecule has 4 rings (SSSR count). The molecular formula is C20H21N5O. The molecule has 1 aliphatic rings. The number of hydrogen-bond donors (Lipinski definition) is 0. The Hall–Kier alpha value is -3.15. The molecule has 1 aliphatic heterocycles. The molecule has 0 spiro atoms. The fourth-order valence-electron chi connectivity index (χ4n) is 3.45. The van der Waals surface area contributed by atoms with E-state index in [4.69, 9.17) is 0 Å². The van der Waals surface area contributed by atoms with Crippen LogP contribution in [-0.2, 0) is 6.54 Å². The predicted octanol–water partition coefficient (Wildman–Crippen LogP) is 2.75. The van der Waals surface area contributed by atoms with E-state index in [1.54, 1.807) is 29.5 Å². The second kappa shape index (κ2) is 6.63. The van der Waals surface area contributed by atoms with Gasteiger partial charge in [-0.1, -0.05) is 18.2 Å². The van der Waals surface area contributed by atoms with Gasteiger partial charge < -0.3 is 9.80 Å². The van der Waals surface area contributed by atoms with Crippen LogP contribution in [0.5, 0.6) is 0 Å². The third kappa shape index (κ3) is 2.94. The van der Waals surface area contributed by atoms with Crippen molar-refractivity contribution in [3.63, 3.8) is 0 Å². The Balaban J connectivity index is 1.63. The molecule has 6 heteroatoms. The average molecular weight is 347 g/mol. The van der Waals surface area contributed by atoms with Crippen LogP contribution >= 0.6 is 0 Å². The van der Waals surface area contributed by atoms with Gasteiger partial charge in [0.15, 0.2) is 0 Å². The summed E-state index contributed by atoms with van der Waals surface area (Å²) < 4.78 is 1.68. The number of amides is 1. The van der Waals surface area contributed by atoms with Gasteiger partial charge in [-0.2, -0.15) is 5.10 Å². The van der Waals surface area contributed by atoms with Crippen LogP contribution in [0, 0.1) is 0 Å². The van der Waals surface area contributed by atoms with E-state index >= 15 is 0 Å². The van der Waals surface area contributed by atoms with Crippen LogP contribution in [0.25, 0.3) is 5.69 Å². The molecular weight excluding hydrogens is 326 g/mol. The van der Waals surface area contributed by atoms with Gasteiger partial charge in [-0.05, 0) is 30.7 Å². The lowest BCUT2D eigenvalue weighted by atomic mass is 10.1. The number of anilines is 1. The van der Waals surface area contributed by atoms with Crippen LogP contribution in [0.1, 0.15) is 22.8 Å². The summed E-state index contributed by atoms with van der Waals surface area (Å²) >= 11 is 0. The lowest BCUT2D eigenvalue weighted by Gasteiger charge is -2.28. The van der Waals surface area contributed by atoms with Gasteiger partial charge in [0.1, 0.15) is 0 Å². The van der Waals surface area contributed by atoms with Crippen LogP contribution in [-0.4, -0.2) is 45.2 Å². The lowest BCUT2D eigenvalue weighted by molar-refractivity contribution is 0.0687. The van der Waals surface area contributed by atoms with Gasteiger partial charge in [0.05, 0.1) is 23.6 Å². The molecule has 0 N–H and O–H groups in total. The topological polar surface area (TPSA) is 54.3 Å². The summed E-state index contributed by atoms with van der Waals surface area (Å²) in [4.78, 5) is 21.4. The van der Waals surface area contributed by atoms with E-state index in [1.165, 1.54) is 5.69 Å². The summed E-state index contributed by atoms with van der Waals surface area (Å²) in [5, 5.41) is 4.33. The summed E-state index contributed by atoms with van der Waals surface area (Å²) in [7, 11) is 2.07. The van der Waals surface area contributed by atoms with Crippen LogP contribution in [0.15, 0.2) is 61.2 Å². The van der Waals surface area contributed by atoms with Crippen molar-refractivity contribution >= 4 is 11.6 Å². The summed E-state index contributed by atoms with van der Waals surface area (Å²) in [5.41, 5.74) is 3.76. The second-order valence-electron chi connectivity index (χ2n) is 6.68. The van der Waals surface area contributed by atoms with E-state index in [-0.39, 0.29) is 11.9 Å². The number of benzene rings is 1. The fraction of sp³-hybridized carbons (Fsp3) is 0.250. The highest BCUT2D eigenvalue weighted by molar-refractivity contribution is 5.94. The molecule has 0 saturated heterocycles. The molecule has 132 valence electrons. The molecule has 0 radical (unpaired) electrons. The molecule has 0 fully saturated rings. The van der Waals surface area contributed by atoms with Crippen molar-refractivity contribution < 1.29 is 4.79 Å². The van der Waals surface area contributed by atoms with Crippen LogP contribution < -0.4 is 4.90 Å². The molecule has 0 aliphatic carbocycles. The largest absolute Gasteiger partial charge is 0.372 e. The Bertz CT molecular complexity index is 921. The number of hydrogen-bond acceptors (Lipinski definition) is 4. The van der Waals surface area contributed by atoms with Crippen molar-refractivity contribution in [1.29, 1.82) is 0 Å². The zero-order valence-electron chi connectivity index (χ0n) is 14.9. The van der Waals surface area contributed by atoms with Gasteiger partial charge in [0, 0.05) is 44.3 Å². The second-order valence-corrected chi connectivity index (χ2v) is 6.68. The highest BCUT2D eigenvalue weighted by Gasteiger charge is 2.28. The Labute approximate surface area is 152 Å². The average Bonchev–Trinajstić information content (AvgIpc) is 3.12. The quantitative estimate of drug-likeness (QED) is 0.715. The Morgan fingerprint density at radius 3 is 2.81 bits per heavy atom. The summed E-state index contributed by atoms with van der Waals surface area (Å²) in [6, 6.07) is 12.1. The first-order chi connectivity index (χ1) is 12.6. The number of likely N-dealkylation sites (N-methyl/N-ethyl adjacent to an activating group) is 1. The van der Waals surface area contributed by atoms with Crippen molar-refractivity contribution in [2.24, 2.45) is 0 Å². The third-order valence-electron chi connectivity index (χ3n) is 4.81. The zero-order chi connectivity index (χ0) is 18.1. The Morgan fingerprint density at radius 1 is 1.15 bits per heavy atom. The van der Waals surface area contributed by atoms with E-state index in [0.29, 0.717) is 12.1 Å². The molecule has 0 bridgehead atoms. The van der Waals surface area contributed by atoms with E-state index in [0.717, 1.165) is 17.8 Å². The molecule has 0 saturated carbocycles.